The number of hydrogen-bond acceptors (Lipinski definition) is 4. The van der Waals surface area contributed by atoms with Crippen molar-refractivity contribution in [3.05, 3.63) is 40.4 Å². The number of likely N-dealkylation sites (N-methyl/N-ethyl adjacent to an activating group) is 1. The standard InChI is InChI=1S/C20H20ClNO4/c1-5-6-11-9-14(25-3)16(15(10-11)26-4)12-7-8-13(21)18-17(12)19(23)20(24)22(18)2/h7-10H,5-6H2,1-4H3. The molecule has 2 aromatic rings. The summed E-state index contributed by atoms with van der Waals surface area (Å²) in [6.07, 6.45) is 1.87. The highest BCUT2D eigenvalue weighted by atomic mass is 35.5. The van der Waals surface area contributed by atoms with E-state index in [2.05, 4.69) is 6.92 Å². The number of ether oxygens (including phenoxy) is 2. The fraction of sp³-hybridized carbons (Fsp3) is 0.300. The van der Waals surface area contributed by atoms with Gasteiger partial charge in [-0.3, -0.25) is 9.59 Å². The molecule has 5 nitrogen and oxygen atoms in total. The predicted molar refractivity (Wildman–Crippen MR) is 102 cm³/mol. The van der Waals surface area contributed by atoms with Crippen molar-refractivity contribution in [2.24, 2.45) is 0 Å². The molecule has 0 saturated heterocycles. The van der Waals surface area contributed by atoms with Gasteiger partial charge in [-0.25, -0.2) is 0 Å². The molecule has 0 radical (unpaired) electrons. The van der Waals surface area contributed by atoms with Crippen LogP contribution in [0.2, 0.25) is 5.02 Å². The van der Waals surface area contributed by atoms with Crippen molar-refractivity contribution in [3.8, 4) is 22.6 Å². The van der Waals surface area contributed by atoms with Crippen LogP contribution in [0.15, 0.2) is 24.3 Å². The Balaban J connectivity index is 2.33. The summed E-state index contributed by atoms with van der Waals surface area (Å²) in [5.41, 5.74) is 2.99. The molecule has 0 saturated carbocycles. The van der Waals surface area contributed by atoms with Crippen LogP contribution in [-0.4, -0.2) is 33.0 Å². The number of methoxy groups -OCH3 is 2. The van der Waals surface area contributed by atoms with Gasteiger partial charge < -0.3 is 14.4 Å². The number of fused-ring (bicyclic) bond motifs is 1. The Morgan fingerprint density at radius 3 is 2.19 bits per heavy atom. The number of hydrogen-bond donors (Lipinski definition) is 0. The maximum atomic E-state index is 12.6. The van der Waals surface area contributed by atoms with Crippen LogP contribution < -0.4 is 14.4 Å². The fourth-order valence-electron chi connectivity index (χ4n) is 3.36. The number of carbonyl (C=O) groups excluding carboxylic acids is 2. The van der Waals surface area contributed by atoms with Gasteiger partial charge in [0.05, 0.1) is 36.1 Å². The van der Waals surface area contributed by atoms with Crippen LogP contribution >= 0.6 is 11.6 Å². The van der Waals surface area contributed by atoms with E-state index in [0.29, 0.717) is 33.3 Å². The minimum atomic E-state index is -0.602. The summed E-state index contributed by atoms with van der Waals surface area (Å²) < 4.78 is 11.2. The first-order valence-corrected chi connectivity index (χ1v) is 8.72. The van der Waals surface area contributed by atoms with Gasteiger partial charge in [-0.15, -0.1) is 0 Å². The quantitative estimate of drug-likeness (QED) is 0.739. The Labute approximate surface area is 157 Å². The predicted octanol–water partition coefficient (Wildman–Crippen LogP) is 4.14. The molecule has 1 amide bonds. The topological polar surface area (TPSA) is 55.8 Å². The third-order valence-corrected chi connectivity index (χ3v) is 4.87. The fourth-order valence-corrected chi connectivity index (χ4v) is 3.64. The van der Waals surface area contributed by atoms with E-state index in [1.807, 2.05) is 12.1 Å². The molecular weight excluding hydrogens is 354 g/mol. The van der Waals surface area contributed by atoms with Crippen LogP contribution in [0.25, 0.3) is 11.1 Å². The van der Waals surface area contributed by atoms with Crippen LogP contribution in [0, 0.1) is 0 Å². The lowest BCUT2D eigenvalue weighted by Crippen LogP contribution is -2.25. The summed E-state index contributed by atoms with van der Waals surface area (Å²) in [6.45, 7) is 2.10. The molecule has 0 aliphatic carbocycles. The van der Waals surface area contributed by atoms with Crippen LogP contribution in [-0.2, 0) is 11.2 Å². The molecule has 0 fully saturated rings. The van der Waals surface area contributed by atoms with Crippen molar-refractivity contribution in [1.29, 1.82) is 0 Å². The zero-order valence-electron chi connectivity index (χ0n) is 15.2. The summed E-state index contributed by atoms with van der Waals surface area (Å²) in [5.74, 6) is -0.00382. The number of anilines is 1. The van der Waals surface area contributed by atoms with E-state index in [1.54, 1.807) is 33.4 Å². The molecule has 136 valence electrons. The number of benzene rings is 2. The molecule has 1 aliphatic heterocycles. The minimum Gasteiger partial charge on any atom is -0.496 e. The second kappa shape index (κ2) is 7.00. The van der Waals surface area contributed by atoms with E-state index in [9.17, 15) is 9.59 Å². The Morgan fingerprint density at radius 1 is 1.04 bits per heavy atom. The van der Waals surface area contributed by atoms with Gasteiger partial charge in [0.1, 0.15) is 11.5 Å². The van der Waals surface area contributed by atoms with Gasteiger partial charge in [0, 0.05) is 12.6 Å². The van der Waals surface area contributed by atoms with Crippen molar-refractivity contribution in [3.63, 3.8) is 0 Å². The second-order valence-electron chi connectivity index (χ2n) is 6.14. The SMILES string of the molecule is CCCc1cc(OC)c(-c2ccc(Cl)c3c2C(=O)C(=O)N3C)c(OC)c1. The Kier molecular flexibility index (Phi) is 4.92. The number of Topliss-reactive ketones (excluding diaryl/α,β-unsaturated/α-hetero) is 1. The number of halogens is 1. The van der Waals surface area contributed by atoms with E-state index in [0.717, 1.165) is 18.4 Å². The van der Waals surface area contributed by atoms with Crippen molar-refractivity contribution < 1.29 is 19.1 Å². The average Bonchev–Trinajstić information content (AvgIpc) is 2.87. The first-order valence-electron chi connectivity index (χ1n) is 8.34. The smallest absolute Gasteiger partial charge is 0.299 e. The first-order chi connectivity index (χ1) is 12.4. The Bertz CT molecular complexity index is 882. The molecule has 0 bridgehead atoms. The van der Waals surface area contributed by atoms with E-state index in [4.69, 9.17) is 21.1 Å². The minimum absolute atomic E-state index is 0.282. The van der Waals surface area contributed by atoms with Crippen LogP contribution in [0.3, 0.4) is 0 Å². The monoisotopic (exact) mass is 373 g/mol. The summed E-state index contributed by atoms with van der Waals surface area (Å²) in [5, 5.41) is 0.353. The highest BCUT2D eigenvalue weighted by Gasteiger charge is 2.38. The van der Waals surface area contributed by atoms with E-state index >= 15 is 0 Å². The molecular formula is C20H20ClNO4. The normalized spacial score (nSPS) is 13.2. The average molecular weight is 374 g/mol. The maximum Gasteiger partial charge on any atom is 0.299 e. The zero-order valence-corrected chi connectivity index (χ0v) is 15.9. The van der Waals surface area contributed by atoms with Crippen LogP contribution in [0.1, 0.15) is 29.3 Å². The van der Waals surface area contributed by atoms with Gasteiger partial charge in [0.2, 0.25) is 0 Å². The molecule has 0 unspecified atom stereocenters. The second-order valence-corrected chi connectivity index (χ2v) is 6.54. The maximum absolute atomic E-state index is 12.6. The van der Waals surface area contributed by atoms with Gasteiger partial charge in [-0.2, -0.15) is 0 Å². The summed E-state index contributed by atoms with van der Waals surface area (Å²) in [6, 6.07) is 7.28. The van der Waals surface area contributed by atoms with E-state index in [1.165, 1.54) is 4.90 Å². The van der Waals surface area contributed by atoms with Crippen molar-refractivity contribution in [2.75, 3.05) is 26.2 Å². The molecule has 2 aromatic carbocycles. The Hall–Kier alpha value is -2.53. The third-order valence-electron chi connectivity index (χ3n) is 4.56. The van der Waals surface area contributed by atoms with E-state index in [-0.39, 0.29) is 5.56 Å². The van der Waals surface area contributed by atoms with E-state index < -0.39 is 11.7 Å². The highest BCUT2D eigenvalue weighted by molar-refractivity contribution is 6.55. The lowest BCUT2D eigenvalue weighted by Gasteiger charge is -2.18. The van der Waals surface area contributed by atoms with Crippen molar-refractivity contribution in [1.82, 2.24) is 0 Å². The molecule has 0 aromatic heterocycles. The summed E-state index contributed by atoms with van der Waals surface area (Å²) in [7, 11) is 4.69. The largest absolute Gasteiger partial charge is 0.496 e. The number of aryl methyl sites for hydroxylation is 1. The molecule has 26 heavy (non-hydrogen) atoms. The first kappa shape index (κ1) is 18.3. The number of ketones is 1. The van der Waals surface area contributed by atoms with Crippen LogP contribution in [0.4, 0.5) is 5.69 Å². The van der Waals surface area contributed by atoms with Gasteiger partial charge in [0.15, 0.2) is 0 Å². The van der Waals surface area contributed by atoms with Gasteiger partial charge in [0.25, 0.3) is 11.7 Å². The Morgan fingerprint density at radius 2 is 1.65 bits per heavy atom. The number of rotatable bonds is 5. The van der Waals surface area contributed by atoms with Crippen molar-refractivity contribution >= 4 is 29.0 Å². The number of nitrogens with zero attached hydrogens (tertiary/aromatic N) is 1. The van der Waals surface area contributed by atoms with Crippen molar-refractivity contribution in [2.45, 2.75) is 19.8 Å². The molecule has 6 heteroatoms. The van der Waals surface area contributed by atoms with Crippen LogP contribution in [0.5, 0.6) is 11.5 Å². The summed E-state index contributed by atoms with van der Waals surface area (Å²) in [4.78, 5) is 26.1. The highest BCUT2D eigenvalue weighted by Crippen LogP contribution is 2.47. The molecule has 0 N–H and O–H groups in total. The molecule has 1 heterocycles. The molecule has 3 rings (SSSR count). The molecule has 0 spiro atoms. The lowest BCUT2D eigenvalue weighted by atomic mass is 9.93. The molecule has 0 atom stereocenters. The number of amides is 1. The zero-order chi connectivity index (χ0) is 19.0. The van der Waals surface area contributed by atoms with Gasteiger partial charge in [-0.05, 0) is 30.2 Å². The number of carbonyl (C=O) groups is 2. The molecule has 1 aliphatic rings. The van der Waals surface area contributed by atoms with Gasteiger partial charge >= 0.3 is 0 Å². The lowest BCUT2D eigenvalue weighted by molar-refractivity contribution is -0.114. The summed E-state index contributed by atoms with van der Waals surface area (Å²) >= 11 is 6.26. The third kappa shape index (κ3) is 2.72. The van der Waals surface area contributed by atoms with Gasteiger partial charge in [-0.1, -0.05) is 31.0 Å².